The minimum atomic E-state index is -1.71. The number of benzene rings is 10. The molecule has 0 fully saturated rings. The number of rotatable bonds is 6. The number of fused-ring (bicyclic) bond motifs is 4. The van der Waals surface area contributed by atoms with E-state index in [9.17, 15) is 10.0 Å². The van der Waals surface area contributed by atoms with Crippen molar-refractivity contribution in [3.8, 4) is 23.0 Å². The predicted octanol–water partition coefficient (Wildman–Crippen LogP) is 0.250. The van der Waals surface area contributed by atoms with Crippen LogP contribution in [0.5, 0.6) is 23.0 Å². The molecule has 10 rings (SSSR count). The van der Waals surface area contributed by atoms with E-state index >= 15 is 0 Å². The summed E-state index contributed by atoms with van der Waals surface area (Å²) in [6, 6.07) is 56.2. The Balaban J connectivity index is 0.000000169. The number of hydrogen-bond acceptors (Lipinski definition) is 16. The Morgan fingerprint density at radius 3 is 1.26 bits per heavy atom. The van der Waals surface area contributed by atoms with Gasteiger partial charge in [-0.05, 0) is 108 Å². The zero-order valence-electron chi connectivity index (χ0n) is 41.1. The van der Waals surface area contributed by atoms with E-state index in [1.807, 2.05) is 147 Å². The van der Waals surface area contributed by atoms with Gasteiger partial charge in [-0.3, -0.25) is 0 Å². The van der Waals surface area contributed by atoms with E-state index in [-0.39, 0.29) is 33.9 Å². The van der Waals surface area contributed by atoms with Crippen molar-refractivity contribution < 1.29 is 80.7 Å². The Morgan fingerprint density at radius 1 is 0.263 bits per heavy atom. The van der Waals surface area contributed by atoms with Crippen LogP contribution in [-0.4, -0.2) is 123 Å². The molecule has 0 saturated heterocycles. The molecule has 0 atom stereocenters. The lowest BCUT2D eigenvalue weighted by molar-refractivity contribution is 0.417. The smallest absolute Gasteiger partial charge is 0.492 e. The molecule has 76 heavy (non-hydrogen) atoms. The van der Waals surface area contributed by atoms with E-state index in [2.05, 4.69) is 0 Å². The van der Waals surface area contributed by atoms with Crippen LogP contribution in [0.15, 0.2) is 194 Å². The molecule has 0 heterocycles. The van der Waals surface area contributed by atoms with Crippen molar-refractivity contribution in [3.63, 3.8) is 0 Å². The number of aryl methyl sites for hydroxylation is 2. The lowest BCUT2D eigenvalue weighted by Gasteiger charge is -2.08. The summed E-state index contributed by atoms with van der Waals surface area (Å²) >= 11 is 0. The van der Waals surface area contributed by atoms with Crippen LogP contribution in [0.1, 0.15) is 11.1 Å². The first-order valence-electron chi connectivity index (χ1n) is 23.3. The molecule has 22 heteroatoms. The molecule has 0 aromatic heterocycles. The van der Waals surface area contributed by atoms with E-state index in [4.69, 9.17) is 70.7 Å². The third kappa shape index (κ3) is 16.7. The molecular weight excluding hydrogens is 969 g/mol. The van der Waals surface area contributed by atoms with Crippen LogP contribution >= 0.6 is 0 Å². The fourth-order valence-electron chi connectivity index (χ4n) is 7.81. The largest absolute Gasteiger partial charge is 0.508 e. The number of hydrogen-bond donors (Lipinski definition) is 16. The molecule has 0 aliphatic carbocycles. The van der Waals surface area contributed by atoms with Gasteiger partial charge in [0.25, 0.3) is 0 Å². The molecule has 16 nitrogen and oxygen atoms in total. The highest BCUT2D eigenvalue weighted by Crippen LogP contribution is 2.18. The maximum absolute atomic E-state index is 9.26. The molecule has 0 unspecified atom stereocenters. The van der Waals surface area contributed by atoms with E-state index in [1.165, 1.54) is 12.1 Å². The van der Waals surface area contributed by atoms with Gasteiger partial charge in [0.05, 0.1) is 0 Å². The minimum Gasteiger partial charge on any atom is -0.508 e. The van der Waals surface area contributed by atoms with E-state index in [0.717, 1.165) is 78.5 Å². The second-order valence-corrected chi connectivity index (χ2v) is 17.0. The molecule has 0 bridgehead atoms. The molecule has 0 aliphatic rings. The molecule has 0 saturated carbocycles. The molecule has 0 radical (unpaired) electrons. The standard InChI is InChI=1S/2C11H11BO2.2C10H9BO2.2C6H7BO4/c1-8-6-7-11(12(13)14)10-5-3-2-4-9(8)10;1-8-6-7-9-4-2-3-5-10(9)11(8)12(13)14;12-11(13)10-7-3-5-8-4-1-2-6-9(8)10;12-11(13)10-6-5-8-3-1-2-4-9(8)7-10;8-5-1-4(7(10)11)2-6(9)3-5;8-4-1-2-5(7(10)11)6(9)3-4/h2*2-7,13-14H,1H3;2*1-7,12-13H;2*1-3,8-11H. The maximum Gasteiger partial charge on any atom is 0.492 e. The van der Waals surface area contributed by atoms with Crippen molar-refractivity contribution in [3.05, 3.63) is 205 Å². The summed E-state index contributed by atoms with van der Waals surface area (Å²) in [7, 11) is -8.97. The van der Waals surface area contributed by atoms with Crippen molar-refractivity contribution in [2.24, 2.45) is 0 Å². The average Bonchev–Trinajstić information content (AvgIpc) is 3.39. The molecule has 0 aliphatic heterocycles. The topological polar surface area (TPSA) is 324 Å². The van der Waals surface area contributed by atoms with Gasteiger partial charge in [0.1, 0.15) is 23.0 Å². The van der Waals surface area contributed by atoms with Crippen molar-refractivity contribution in [1.29, 1.82) is 0 Å². The van der Waals surface area contributed by atoms with E-state index < -0.39 is 42.7 Å². The van der Waals surface area contributed by atoms with Gasteiger partial charge in [-0.2, -0.15) is 0 Å². The van der Waals surface area contributed by atoms with Gasteiger partial charge in [0, 0.05) is 17.6 Å². The van der Waals surface area contributed by atoms with E-state index in [0.29, 0.717) is 21.9 Å². The van der Waals surface area contributed by atoms with Crippen LogP contribution in [0, 0.1) is 13.8 Å². The highest BCUT2D eigenvalue weighted by molar-refractivity contribution is 6.63. The van der Waals surface area contributed by atoms with Gasteiger partial charge in [0.15, 0.2) is 0 Å². The van der Waals surface area contributed by atoms with Gasteiger partial charge < -0.3 is 80.7 Å². The summed E-state index contributed by atoms with van der Waals surface area (Å²) in [6.07, 6.45) is 0. The number of aromatic hydroxyl groups is 4. The van der Waals surface area contributed by atoms with Gasteiger partial charge in [-0.1, -0.05) is 169 Å². The Hall–Kier alpha value is -7.65. The average molecular weight is 1020 g/mol. The molecule has 16 N–H and O–H groups in total. The third-order valence-electron chi connectivity index (χ3n) is 11.6. The van der Waals surface area contributed by atoms with Gasteiger partial charge in [-0.25, -0.2) is 0 Å². The van der Waals surface area contributed by atoms with Crippen molar-refractivity contribution in [2.75, 3.05) is 0 Å². The van der Waals surface area contributed by atoms with Gasteiger partial charge >= 0.3 is 42.7 Å². The Labute approximate surface area is 439 Å². The summed E-state index contributed by atoms with van der Waals surface area (Å²) < 4.78 is 0. The molecule has 0 amide bonds. The zero-order chi connectivity index (χ0) is 55.6. The normalized spacial score (nSPS) is 10.2. The summed E-state index contributed by atoms with van der Waals surface area (Å²) in [5.41, 5.74) is 4.32. The fourth-order valence-corrected chi connectivity index (χ4v) is 7.81. The molecule has 10 aromatic carbocycles. The van der Waals surface area contributed by atoms with Gasteiger partial charge in [-0.15, -0.1) is 0 Å². The van der Waals surface area contributed by atoms with Crippen LogP contribution in [0.4, 0.5) is 0 Å². The van der Waals surface area contributed by atoms with Crippen molar-refractivity contribution >= 4 is 119 Å². The lowest BCUT2D eigenvalue weighted by atomic mass is 9.74. The molecule has 0 spiro atoms. The monoisotopic (exact) mass is 1020 g/mol. The Morgan fingerprint density at radius 2 is 0.711 bits per heavy atom. The first kappa shape index (κ1) is 59.2. The highest BCUT2D eigenvalue weighted by Gasteiger charge is 2.19. The van der Waals surface area contributed by atoms with Gasteiger partial charge in [0.2, 0.25) is 0 Å². The summed E-state index contributed by atoms with van der Waals surface area (Å²) in [5, 5.41) is 151. The number of phenols is 4. The van der Waals surface area contributed by atoms with Crippen LogP contribution in [-0.2, 0) is 0 Å². The van der Waals surface area contributed by atoms with Crippen molar-refractivity contribution in [2.45, 2.75) is 13.8 Å². The second kappa shape index (κ2) is 28.3. The zero-order valence-corrected chi connectivity index (χ0v) is 41.1. The quantitative estimate of drug-likeness (QED) is 0.0993. The predicted molar refractivity (Wildman–Crippen MR) is 304 cm³/mol. The van der Waals surface area contributed by atoms with Crippen molar-refractivity contribution in [1.82, 2.24) is 0 Å². The first-order valence-corrected chi connectivity index (χ1v) is 23.3. The summed E-state index contributed by atoms with van der Waals surface area (Å²) in [6.45, 7) is 3.89. The van der Waals surface area contributed by atoms with Crippen LogP contribution < -0.4 is 32.8 Å². The Bertz CT molecular complexity index is 3440. The molecule has 10 aromatic rings. The summed E-state index contributed by atoms with van der Waals surface area (Å²) in [5.74, 6) is -0.854. The highest BCUT2D eigenvalue weighted by atomic mass is 16.4. The minimum absolute atomic E-state index is 0.0252. The second-order valence-electron chi connectivity index (χ2n) is 17.0. The lowest BCUT2D eigenvalue weighted by Crippen LogP contribution is -2.32. The molecule has 384 valence electrons. The third-order valence-corrected chi connectivity index (χ3v) is 11.6. The van der Waals surface area contributed by atoms with Crippen LogP contribution in [0.25, 0.3) is 43.1 Å². The fraction of sp³-hybridized carbons (Fsp3) is 0.0370. The van der Waals surface area contributed by atoms with Crippen LogP contribution in [0.2, 0.25) is 0 Å². The SMILES string of the molecule is Cc1ccc(B(O)O)c2ccccc12.Cc1ccc2ccccc2c1B(O)O.OB(O)c1cc(O)cc(O)c1.OB(O)c1ccc(O)cc1O.OB(O)c1ccc2ccccc2c1.OB(O)c1cccc2ccccc12. The summed E-state index contributed by atoms with van der Waals surface area (Å²) in [4.78, 5) is 0. The van der Waals surface area contributed by atoms with E-state index in [1.54, 1.807) is 24.3 Å². The molecular formula is C54H54B6O16. The maximum atomic E-state index is 9.26. The Kier molecular flexibility index (Phi) is 22.1. The first-order chi connectivity index (χ1) is 36.2. The van der Waals surface area contributed by atoms with Crippen LogP contribution in [0.3, 0.4) is 0 Å². The number of phenolic OH excluding ortho intramolecular Hbond substituents is 4.